The molecule has 0 aliphatic carbocycles. The fraction of sp³-hybridized carbons (Fsp3) is 0.0952. The third-order valence-electron chi connectivity index (χ3n) is 3.60. The van der Waals surface area contributed by atoms with Crippen molar-refractivity contribution in [1.29, 1.82) is 0 Å². The molecule has 0 fully saturated rings. The van der Waals surface area contributed by atoms with Gasteiger partial charge in [0.25, 0.3) is 0 Å². The van der Waals surface area contributed by atoms with Crippen molar-refractivity contribution < 1.29 is 0 Å². The highest BCUT2D eigenvalue weighted by Gasteiger charge is 2.01. The topological polar surface area (TPSA) is 36.4 Å². The highest BCUT2D eigenvalue weighted by atomic mass is 15.2. The van der Waals surface area contributed by atoms with Crippen LogP contribution in [0.1, 0.15) is 11.1 Å². The Hall–Kier alpha value is -3.07. The standard InChI is InChI=1S/C21H21N3/c1-4-10-18(11-5-1)16-22-21(24-20-14-8-3-9-15-20)23-17-19-12-6-2-7-13-19/h1-15H,16-17H2,(H2,22,23,24). The van der Waals surface area contributed by atoms with E-state index in [2.05, 4.69) is 34.9 Å². The Morgan fingerprint density at radius 2 is 1.21 bits per heavy atom. The molecule has 0 saturated heterocycles. The van der Waals surface area contributed by atoms with E-state index >= 15 is 0 Å². The Morgan fingerprint density at radius 1 is 0.667 bits per heavy atom. The molecule has 0 heterocycles. The molecule has 0 spiro atoms. The first-order valence-corrected chi connectivity index (χ1v) is 8.08. The van der Waals surface area contributed by atoms with Crippen LogP contribution in [0.4, 0.5) is 5.69 Å². The number of aliphatic imine (C=N–C) groups is 1. The largest absolute Gasteiger partial charge is 0.352 e. The molecule has 3 heteroatoms. The summed E-state index contributed by atoms with van der Waals surface area (Å²) in [6.45, 7) is 1.37. The van der Waals surface area contributed by atoms with Gasteiger partial charge in [-0.2, -0.15) is 0 Å². The van der Waals surface area contributed by atoms with E-state index in [-0.39, 0.29) is 0 Å². The van der Waals surface area contributed by atoms with Crippen molar-refractivity contribution in [3.05, 3.63) is 102 Å². The van der Waals surface area contributed by atoms with Gasteiger partial charge in [-0.1, -0.05) is 78.9 Å². The van der Waals surface area contributed by atoms with Gasteiger partial charge < -0.3 is 10.6 Å². The van der Waals surface area contributed by atoms with E-state index in [1.165, 1.54) is 11.1 Å². The second kappa shape index (κ2) is 8.53. The number of guanidine groups is 1. The minimum Gasteiger partial charge on any atom is -0.352 e. The smallest absolute Gasteiger partial charge is 0.196 e. The fourth-order valence-electron chi connectivity index (χ4n) is 2.33. The van der Waals surface area contributed by atoms with Gasteiger partial charge in [0.05, 0.1) is 6.54 Å². The highest BCUT2D eigenvalue weighted by molar-refractivity contribution is 5.93. The Labute approximate surface area is 143 Å². The van der Waals surface area contributed by atoms with Crippen molar-refractivity contribution in [2.75, 3.05) is 5.32 Å². The third kappa shape index (κ3) is 4.99. The van der Waals surface area contributed by atoms with Gasteiger partial charge >= 0.3 is 0 Å². The molecule has 3 nitrogen and oxygen atoms in total. The predicted octanol–water partition coefficient (Wildman–Crippen LogP) is 4.44. The summed E-state index contributed by atoms with van der Waals surface area (Å²) in [6.07, 6.45) is 0. The SMILES string of the molecule is c1ccc(CN=C(NCc2ccccc2)Nc2ccccc2)cc1. The van der Waals surface area contributed by atoms with E-state index in [1.807, 2.05) is 66.7 Å². The predicted molar refractivity (Wildman–Crippen MR) is 101 cm³/mol. The second-order valence-electron chi connectivity index (χ2n) is 5.48. The summed E-state index contributed by atoms with van der Waals surface area (Å²) in [7, 11) is 0. The molecule has 24 heavy (non-hydrogen) atoms. The first-order chi connectivity index (χ1) is 11.9. The summed E-state index contributed by atoms with van der Waals surface area (Å²) >= 11 is 0. The number of benzene rings is 3. The Bertz CT molecular complexity index is 753. The average Bonchev–Trinajstić information content (AvgIpc) is 2.66. The maximum Gasteiger partial charge on any atom is 0.196 e. The van der Waals surface area contributed by atoms with Crippen molar-refractivity contribution in [2.45, 2.75) is 13.1 Å². The zero-order valence-corrected chi connectivity index (χ0v) is 13.5. The molecule has 0 radical (unpaired) electrons. The molecule has 3 aromatic rings. The normalized spacial score (nSPS) is 11.1. The van der Waals surface area contributed by atoms with Crippen molar-refractivity contribution in [1.82, 2.24) is 5.32 Å². The van der Waals surface area contributed by atoms with Crippen LogP contribution in [0.15, 0.2) is 96.0 Å². The molecule has 0 aliphatic rings. The summed E-state index contributed by atoms with van der Waals surface area (Å²) in [5, 5.41) is 6.75. The third-order valence-corrected chi connectivity index (χ3v) is 3.60. The Morgan fingerprint density at radius 3 is 1.83 bits per heavy atom. The molecule has 0 amide bonds. The molecule has 0 aromatic heterocycles. The van der Waals surface area contributed by atoms with Crippen molar-refractivity contribution >= 4 is 11.6 Å². The van der Waals surface area contributed by atoms with Crippen LogP contribution < -0.4 is 10.6 Å². The lowest BCUT2D eigenvalue weighted by atomic mass is 10.2. The number of rotatable bonds is 5. The van der Waals surface area contributed by atoms with Crippen molar-refractivity contribution in [3.8, 4) is 0 Å². The van der Waals surface area contributed by atoms with Gasteiger partial charge in [-0.15, -0.1) is 0 Å². The molecule has 3 rings (SSSR count). The van der Waals surface area contributed by atoms with Crippen LogP contribution in [0, 0.1) is 0 Å². The maximum absolute atomic E-state index is 4.70. The van der Waals surface area contributed by atoms with Crippen molar-refractivity contribution in [3.63, 3.8) is 0 Å². The summed E-state index contributed by atoms with van der Waals surface area (Å²) in [4.78, 5) is 4.70. The lowest BCUT2D eigenvalue weighted by Gasteiger charge is -2.13. The molecular weight excluding hydrogens is 294 g/mol. The summed E-state index contributed by atoms with van der Waals surface area (Å²) in [6, 6.07) is 30.6. The lowest BCUT2D eigenvalue weighted by molar-refractivity contribution is 0.892. The fourth-order valence-corrected chi connectivity index (χ4v) is 2.33. The van der Waals surface area contributed by atoms with E-state index in [4.69, 9.17) is 4.99 Å². The lowest BCUT2D eigenvalue weighted by Crippen LogP contribution is -2.30. The maximum atomic E-state index is 4.70. The molecule has 0 atom stereocenters. The van der Waals surface area contributed by atoms with Gasteiger partial charge in [-0.3, -0.25) is 0 Å². The van der Waals surface area contributed by atoms with Crippen LogP contribution in [0.2, 0.25) is 0 Å². The molecule has 0 saturated carbocycles. The number of nitrogens with zero attached hydrogens (tertiary/aromatic N) is 1. The van der Waals surface area contributed by atoms with Crippen LogP contribution >= 0.6 is 0 Å². The number of nitrogens with one attached hydrogen (secondary N) is 2. The average molecular weight is 315 g/mol. The van der Waals surface area contributed by atoms with Crippen LogP contribution in [-0.2, 0) is 13.1 Å². The molecule has 0 bridgehead atoms. The molecule has 0 unspecified atom stereocenters. The molecule has 120 valence electrons. The number of anilines is 1. The van der Waals surface area contributed by atoms with Gasteiger partial charge in [0.1, 0.15) is 0 Å². The quantitative estimate of drug-likeness (QED) is 0.539. The molecular formula is C21H21N3. The van der Waals surface area contributed by atoms with Crippen LogP contribution in [-0.4, -0.2) is 5.96 Å². The molecule has 0 aliphatic heterocycles. The number of hydrogen-bond acceptors (Lipinski definition) is 1. The van der Waals surface area contributed by atoms with Gasteiger partial charge in [0.2, 0.25) is 0 Å². The molecule has 2 N–H and O–H groups in total. The Balaban J connectivity index is 1.70. The zero-order valence-electron chi connectivity index (χ0n) is 13.5. The van der Waals surface area contributed by atoms with E-state index in [9.17, 15) is 0 Å². The minimum atomic E-state index is 0.637. The van der Waals surface area contributed by atoms with Crippen LogP contribution in [0.5, 0.6) is 0 Å². The van der Waals surface area contributed by atoms with Gasteiger partial charge in [0.15, 0.2) is 5.96 Å². The van der Waals surface area contributed by atoms with Crippen LogP contribution in [0.25, 0.3) is 0 Å². The van der Waals surface area contributed by atoms with E-state index in [1.54, 1.807) is 0 Å². The zero-order chi connectivity index (χ0) is 16.5. The second-order valence-corrected chi connectivity index (χ2v) is 5.48. The van der Waals surface area contributed by atoms with Gasteiger partial charge in [-0.05, 0) is 23.3 Å². The summed E-state index contributed by atoms with van der Waals surface area (Å²) in [5.41, 5.74) is 3.43. The molecule has 3 aromatic carbocycles. The first kappa shape index (κ1) is 15.8. The number of hydrogen-bond donors (Lipinski definition) is 2. The number of para-hydroxylation sites is 1. The summed E-state index contributed by atoms with van der Waals surface area (Å²) in [5.74, 6) is 0.772. The first-order valence-electron chi connectivity index (χ1n) is 8.08. The minimum absolute atomic E-state index is 0.637. The van der Waals surface area contributed by atoms with E-state index in [0.29, 0.717) is 6.54 Å². The van der Waals surface area contributed by atoms with Gasteiger partial charge in [-0.25, -0.2) is 4.99 Å². The van der Waals surface area contributed by atoms with Crippen LogP contribution in [0.3, 0.4) is 0 Å². The van der Waals surface area contributed by atoms with E-state index in [0.717, 1.165) is 18.2 Å². The van der Waals surface area contributed by atoms with Crippen molar-refractivity contribution in [2.24, 2.45) is 4.99 Å². The van der Waals surface area contributed by atoms with E-state index < -0.39 is 0 Å². The summed E-state index contributed by atoms with van der Waals surface area (Å²) < 4.78 is 0. The van der Waals surface area contributed by atoms with Gasteiger partial charge in [0, 0.05) is 12.2 Å². The monoisotopic (exact) mass is 315 g/mol. The highest BCUT2D eigenvalue weighted by Crippen LogP contribution is 2.06. The Kier molecular flexibility index (Phi) is 5.62.